The summed E-state index contributed by atoms with van der Waals surface area (Å²) in [5.41, 5.74) is 1.38. The van der Waals surface area contributed by atoms with Crippen LogP contribution < -0.4 is 14.8 Å². The molecule has 2 aromatic rings. The lowest BCUT2D eigenvalue weighted by Gasteiger charge is -2.18. The fraction of sp³-hybridized carbons (Fsp3) is 0.333. The van der Waals surface area contributed by atoms with E-state index >= 15 is 0 Å². The van der Waals surface area contributed by atoms with E-state index in [0.29, 0.717) is 37.6 Å². The molecule has 0 saturated carbocycles. The van der Waals surface area contributed by atoms with E-state index < -0.39 is 0 Å². The summed E-state index contributed by atoms with van der Waals surface area (Å²) < 4.78 is 15.9. The predicted molar refractivity (Wildman–Crippen MR) is 74.7 cm³/mol. The lowest BCUT2D eigenvalue weighted by atomic mass is 10.1. The first-order chi connectivity index (χ1) is 10.2. The molecule has 0 radical (unpaired) electrons. The molecule has 6 nitrogen and oxygen atoms in total. The first-order valence-corrected chi connectivity index (χ1v) is 6.82. The van der Waals surface area contributed by atoms with Crippen molar-refractivity contribution in [2.45, 2.75) is 13.3 Å². The fourth-order valence-electron chi connectivity index (χ4n) is 2.13. The zero-order valence-electron chi connectivity index (χ0n) is 11.7. The van der Waals surface area contributed by atoms with E-state index in [1.54, 1.807) is 13.0 Å². The highest BCUT2D eigenvalue weighted by Gasteiger charge is 2.13. The van der Waals surface area contributed by atoms with Gasteiger partial charge in [0.25, 0.3) is 5.91 Å². The molecule has 1 aromatic heterocycles. The van der Waals surface area contributed by atoms with Crippen LogP contribution in [-0.4, -0.2) is 30.8 Å². The molecule has 1 amide bonds. The van der Waals surface area contributed by atoms with Gasteiger partial charge in [0.15, 0.2) is 17.2 Å². The van der Waals surface area contributed by atoms with Crippen LogP contribution in [0.25, 0.3) is 0 Å². The lowest BCUT2D eigenvalue weighted by molar-refractivity contribution is 0.0945. The van der Waals surface area contributed by atoms with Crippen molar-refractivity contribution in [2.75, 3.05) is 19.8 Å². The highest BCUT2D eigenvalue weighted by molar-refractivity contribution is 5.92. The van der Waals surface area contributed by atoms with Crippen molar-refractivity contribution in [1.29, 1.82) is 0 Å². The van der Waals surface area contributed by atoms with Gasteiger partial charge in [-0.1, -0.05) is 11.2 Å². The summed E-state index contributed by atoms with van der Waals surface area (Å²) in [6, 6.07) is 7.42. The average Bonchev–Trinajstić information content (AvgIpc) is 2.94. The number of nitrogens with zero attached hydrogens (tertiary/aromatic N) is 1. The molecule has 1 aliphatic rings. The fourth-order valence-corrected chi connectivity index (χ4v) is 2.13. The number of aromatic nitrogens is 1. The van der Waals surface area contributed by atoms with Crippen LogP contribution in [0.4, 0.5) is 0 Å². The molecule has 0 fully saturated rings. The molecule has 21 heavy (non-hydrogen) atoms. The minimum absolute atomic E-state index is 0.232. The SMILES string of the molecule is Cc1cc(C(=O)NCCc2ccc3c(c2)OCCO3)no1. The van der Waals surface area contributed by atoms with Crippen LogP contribution in [0.15, 0.2) is 28.8 Å². The number of carbonyl (C=O) groups excluding carboxylic acids is 1. The van der Waals surface area contributed by atoms with Crippen molar-refractivity contribution in [3.05, 3.63) is 41.3 Å². The van der Waals surface area contributed by atoms with Gasteiger partial charge in [0, 0.05) is 12.6 Å². The largest absolute Gasteiger partial charge is 0.486 e. The molecule has 110 valence electrons. The molecular weight excluding hydrogens is 272 g/mol. The minimum Gasteiger partial charge on any atom is -0.486 e. The first kappa shape index (κ1) is 13.5. The van der Waals surface area contributed by atoms with Gasteiger partial charge in [-0.25, -0.2) is 0 Å². The molecule has 1 aliphatic heterocycles. The Morgan fingerprint density at radius 1 is 1.24 bits per heavy atom. The van der Waals surface area contributed by atoms with Gasteiger partial charge < -0.3 is 19.3 Å². The monoisotopic (exact) mass is 288 g/mol. The number of aryl methyl sites for hydroxylation is 1. The Morgan fingerprint density at radius 3 is 2.81 bits per heavy atom. The minimum atomic E-state index is -0.232. The second-order valence-corrected chi connectivity index (χ2v) is 4.81. The van der Waals surface area contributed by atoms with Gasteiger partial charge in [-0.05, 0) is 31.0 Å². The maximum atomic E-state index is 11.8. The van der Waals surface area contributed by atoms with Crippen molar-refractivity contribution >= 4 is 5.91 Å². The number of nitrogens with one attached hydrogen (secondary N) is 1. The Balaban J connectivity index is 1.54. The topological polar surface area (TPSA) is 73.6 Å². The highest BCUT2D eigenvalue weighted by atomic mass is 16.6. The van der Waals surface area contributed by atoms with E-state index in [1.807, 2.05) is 18.2 Å². The van der Waals surface area contributed by atoms with Crippen LogP contribution in [0.3, 0.4) is 0 Å². The summed E-state index contributed by atoms with van der Waals surface area (Å²) in [6.45, 7) is 3.42. The Bertz CT molecular complexity index is 651. The predicted octanol–water partition coefficient (Wildman–Crippen LogP) is 1.73. The van der Waals surface area contributed by atoms with Gasteiger partial charge in [0.2, 0.25) is 0 Å². The molecule has 0 saturated heterocycles. The maximum Gasteiger partial charge on any atom is 0.273 e. The molecule has 0 unspecified atom stereocenters. The van der Waals surface area contributed by atoms with Crippen molar-refractivity contribution in [1.82, 2.24) is 10.5 Å². The van der Waals surface area contributed by atoms with Crippen LogP contribution in [0, 0.1) is 6.92 Å². The number of fused-ring (bicyclic) bond motifs is 1. The zero-order valence-corrected chi connectivity index (χ0v) is 11.7. The van der Waals surface area contributed by atoms with E-state index in [4.69, 9.17) is 14.0 Å². The van der Waals surface area contributed by atoms with Gasteiger partial charge in [-0.2, -0.15) is 0 Å². The number of rotatable bonds is 4. The summed E-state index contributed by atoms with van der Waals surface area (Å²) >= 11 is 0. The molecule has 1 aromatic carbocycles. The van der Waals surface area contributed by atoms with Crippen LogP contribution in [0.2, 0.25) is 0 Å². The summed E-state index contributed by atoms with van der Waals surface area (Å²) in [5, 5.41) is 6.48. The normalized spacial score (nSPS) is 13.0. The zero-order chi connectivity index (χ0) is 14.7. The van der Waals surface area contributed by atoms with E-state index in [9.17, 15) is 4.79 Å². The Kier molecular flexibility index (Phi) is 3.77. The third-order valence-electron chi connectivity index (χ3n) is 3.17. The molecule has 0 bridgehead atoms. The molecule has 0 atom stereocenters. The Labute approximate surface area is 122 Å². The highest BCUT2D eigenvalue weighted by Crippen LogP contribution is 2.30. The van der Waals surface area contributed by atoms with Gasteiger partial charge in [0.1, 0.15) is 19.0 Å². The van der Waals surface area contributed by atoms with E-state index in [1.165, 1.54) is 0 Å². The van der Waals surface area contributed by atoms with Crippen LogP contribution in [-0.2, 0) is 6.42 Å². The molecular formula is C15H16N2O4. The number of carbonyl (C=O) groups is 1. The number of benzene rings is 1. The number of amides is 1. The second kappa shape index (κ2) is 5.87. The Hall–Kier alpha value is -2.50. The summed E-state index contributed by atoms with van der Waals surface area (Å²) in [5.74, 6) is 1.92. The summed E-state index contributed by atoms with van der Waals surface area (Å²) in [7, 11) is 0. The molecule has 0 spiro atoms. The van der Waals surface area contributed by atoms with Gasteiger partial charge in [0.05, 0.1) is 0 Å². The first-order valence-electron chi connectivity index (χ1n) is 6.82. The van der Waals surface area contributed by atoms with Crippen LogP contribution in [0.1, 0.15) is 21.8 Å². The van der Waals surface area contributed by atoms with Crippen molar-refractivity contribution in [3.63, 3.8) is 0 Å². The van der Waals surface area contributed by atoms with Crippen LogP contribution in [0.5, 0.6) is 11.5 Å². The van der Waals surface area contributed by atoms with E-state index in [2.05, 4.69) is 10.5 Å². The lowest BCUT2D eigenvalue weighted by Crippen LogP contribution is -2.26. The summed E-state index contributed by atoms with van der Waals surface area (Å²) in [6.07, 6.45) is 0.708. The van der Waals surface area contributed by atoms with Crippen LogP contribution >= 0.6 is 0 Å². The standard InChI is InChI=1S/C15H16N2O4/c1-10-8-12(17-21-10)15(18)16-5-4-11-2-3-13-14(9-11)20-7-6-19-13/h2-3,8-9H,4-7H2,1H3,(H,16,18). The van der Waals surface area contributed by atoms with Crippen molar-refractivity contribution < 1.29 is 18.8 Å². The maximum absolute atomic E-state index is 11.8. The molecule has 3 rings (SSSR count). The molecule has 1 N–H and O–H groups in total. The van der Waals surface area contributed by atoms with E-state index in [-0.39, 0.29) is 5.91 Å². The van der Waals surface area contributed by atoms with Gasteiger partial charge in [-0.3, -0.25) is 4.79 Å². The third-order valence-corrected chi connectivity index (χ3v) is 3.17. The second-order valence-electron chi connectivity index (χ2n) is 4.81. The number of ether oxygens (including phenoxy) is 2. The molecule has 2 heterocycles. The smallest absolute Gasteiger partial charge is 0.273 e. The quantitative estimate of drug-likeness (QED) is 0.927. The van der Waals surface area contributed by atoms with Gasteiger partial charge >= 0.3 is 0 Å². The average molecular weight is 288 g/mol. The summed E-state index contributed by atoms with van der Waals surface area (Å²) in [4.78, 5) is 11.8. The molecule has 6 heteroatoms. The third kappa shape index (κ3) is 3.16. The number of hydrogen-bond donors (Lipinski definition) is 1. The number of hydrogen-bond acceptors (Lipinski definition) is 5. The van der Waals surface area contributed by atoms with Crippen molar-refractivity contribution in [3.8, 4) is 11.5 Å². The molecule has 0 aliphatic carbocycles. The van der Waals surface area contributed by atoms with Gasteiger partial charge in [-0.15, -0.1) is 0 Å². The van der Waals surface area contributed by atoms with E-state index in [0.717, 1.165) is 17.1 Å². The Morgan fingerprint density at radius 2 is 2.05 bits per heavy atom. The van der Waals surface area contributed by atoms with Crippen molar-refractivity contribution in [2.24, 2.45) is 0 Å².